The minimum absolute atomic E-state index is 0.215. The van der Waals surface area contributed by atoms with Crippen LogP contribution in [0.5, 0.6) is 5.75 Å². The molecule has 1 rings (SSSR count). The van der Waals surface area contributed by atoms with Gasteiger partial charge in [-0.2, -0.15) is 0 Å². The minimum Gasteiger partial charge on any atom is -0.487 e. The molecule has 0 atom stereocenters. The molecule has 0 saturated carbocycles. The summed E-state index contributed by atoms with van der Waals surface area (Å²) >= 11 is 5.52. The Morgan fingerprint density at radius 1 is 1.54 bits per heavy atom. The van der Waals surface area contributed by atoms with Crippen LogP contribution in [-0.2, 0) is 0 Å². The minimum atomic E-state index is 0.215. The predicted molar refractivity (Wildman–Crippen MR) is 52.3 cm³/mol. The van der Waals surface area contributed by atoms with E-state index in [2.05, 4.69) is 6.58 Å². The fourth-order valence-corrected chi connectivity index (χ4v) is 0.920. The SMILES string of the molecule is C=C(Cl)COc1ccccc1C=O. The van der Waals surface area contributed by atoms with Gasteiger partial charge in [0.05, 0.1) is 5.56 Å². The van der Waals surface area contributed by atoms with Gasteiger partial charge in [0, 0.05) is 5.03 Å². The second-order valence-corrected chi connectivity index (χ2v) is 3.00. The van der Waals surface area contributed by atoms with Crippen molar-refractivity contribution in [1.82, 2.24) is 0 Å². The van der Waals surface area contributed by atoms with Crippen LogP contribution in [0.4, 0.5) is 0 Å². The maximum absolute atomic E-state index is 10.5. The zero-order valence-corrected chi connectivity index (χ0v) is 7.75. The van der Waals surface area contributed by atoms with E-state index in [0.717, 1.165) is 6.29 Å². The number of aldehydes is 1. The molecular formula is C10H9ClO2. The zero-order valence-electron chi connectivity index (χ0n) is 7.00. The summed E-state index contributed by atoms with van der Waals surface area (Å²) in [5, 5.41) is 0.403. The van der Waals surface area contributed by atoms with E-state index in [1.807, 2.05) is 0 Å². The molecule has 0 aromatic heterocycles. The number of rotatable bonds is 4. The number of carbonyl (C=O) groups is 1. The molecule has 13 heavy (non-hydrogen) atoms. The Labute approximate surface area is 81.8 Å². The van der Waals surface area contributed by atoms with Crippen molar-refractivity contribution in [2.45, 2.75) is 0 Å². The van der Waals surface area contributed by atoms with Gasteiger partial charge in [-0.05, 0) is 12.1 Å². The molecular weight excluding hydrogens is 188 g/mol. The lowest BCUT2D eigenvalue weighted by atomic mass is 10.2. The molecule has 0 aliphatic heterocycles. The third-order valence-corrected chi connectivity index (χ3v) is 1.54. The number of hydrogen-bond donors (Lipinski definition) is 0. The smallest absolute Gasteiger partial charge is 0.153 e. The number of benzene rings is 1. The molecule has 0 unspecified atom stereocenters. The Bertz CT molecular complexity index is 320. The molecule has 0 radical (unpaired) electrons. The average molecular weight is 197 g/mol. The van der Waals surface area contributed by atoms with Crippen molar-refractivity contribution in [3.05, 3.63) is 41.4 Å². The summed E-state index contributed by atoms with van der Waals surface area (Å²) < 4.78 is 5.23. The van der Waals surface area contributed by atoms with Crippen LogP contribution in [0, 0.1) is 0 Å². The molecule has 0 amide bonds. The van der Waals surface area contributed by atoms with Gasteiger partial charge in [0.25, 0.3) is 0 Å². The summed E-state index contributed by atoms with van der Waals surface area (Å²) in [4.78, 5) is 10.5. The first kappa shape index (κ1) is 9.81. The molecule has 0 fully saturated rings. The molecule has 0 spiro atoms. The summed E-state index contributed by atoms with van der Waals surface area (Å²) in [6.07, 6.45) is 0.742. The highest BCUT2D eigenvalue weighted by Crippen LogP contribution is 2.16. The molecule has 0 saturated heterocycles. The van der Waals surface area contributed by atoms with Gasteiger partial charge in [0.2, 0.25) is 0 Å². The predicted octanol–water partition coefficient (Wildman–Crippen LogP) is 2.63. The first-order valence-corrected chi connectivity index (χ1v) is 4.12. The van der Waals surface area contributed by atoms with Crippen molar-refractivity contribution >= 4 is 17.9 Å². The van der Waals surface area contributed by atoms with E-state index < -0.39 is 0 Å². The van der Waals surface area contributed by atoms with Gasteiger partial charge in [-0.3, -0.25) is 4.79 Å². The largest absolute Gasteiger partial charge is 0.487 e. The highest BCUT2D eigenvalue weighted by Gasteiger charge is 2.00. The Hall–Kier alpha value is -1.28. The van der Waals surface area contributed by atoms with E-state index in [1.165, 1.54) is 0 Å². The Morgan fingerprint density at radius 3 is 2.85 bits per heavy atom. The van der Waals surface area contributed by atoms with Crippen LogP contribution < -0.4 is 4.74 Å². The fraction of sp³-hybridized carbons (Fsp3) is 0.100. The van der Waals surface area contributed by atoms with Crippen molar-refractivity contribution in [3.63, 3.8) is 0 Å². The van der Waals surface area contributed by atoms with Gasteiger partial charge in [-0.15, -0.1) is 0 Å². The summed E-state index contributed by atoms with van der Waals surface area (Å²) in [7, 11) is 0. The lowest BCUT2D eigenvalue weighted by molar-refractivity contribution is 0.112. The van der Waals surface area contributed by atoms with Crippen LogP contribution in [0.2, 0.25) is 0 Å². The van der Waals surface area contributed by atoms with Gasteiger partial charge < -0.3 is 4.74 Å². The van der Waals surface area contributed by atoms with Gasteiger partial charge in [-0.25, -0.2) is 0 Å². The van der Waals surface area contributed by atoms with Crippen LogP contribution in [0.1, 0.15) is 10.4 Å². The van der Waals surface area contributed by atoms with E-state index in [-0.39, 0.29) is 6.61 Å². The molecule has 0 bridgehead atoms. The maximum atomic E-state index is 10.5. The molecule has 0 heterocycles. The maximum Gasteiger partial charge on any atom is 0.153 e. The van der Waals surface area contributed by atoms with Gasteiger partial charge >= 0.3 is 0 Å². The molecule has 0 N–H and O–H groups in total. The van der Waals surface area contributed by atoms with Crippen LogP contribution in [0.3, 0.4) is 0 Å². The quantitative estimate of drug-likeness (QED) is 0.692. The van der Waals surface area contributed by atoms with Crippen LogP contribution in [0.25, 0.3) is 0 Å². The van der Waals surface area contributed by atoms with Gasteiger partial charge in [-0.1, -0.05) is 30.3 Å². The highest BCUT2D eigenvalue weighted by atomic mass is 35.5. The number of halogens is 1. The van der Waals surface area contributed by atoms with Crippen molar-refractivity contribution in [1.29, 1.82) is 0 Å². The third kappa shape index (κ3) is 2.92. The molecule has 3 heteroatoms. The first-order chi connectivity index (χ1) is 6.24. The lowest BCUT2D eigenvalue weighted by Gasteiger charge is -2.06. The lowest BCUT2D eigenvalue weighted by Crippen LogP contribution is -1.98. The number of para-hydroxylation sites is 1. The summed E-state index contributed by atoms with van der Waals surface area (Å²) in [6, 6.07) is 6.95. The van der Waals surface area contributed by atoms with Crippen LogP contribution >= 0.6 is 11.6 Å². The number of carbonyl (C=O) groups excluding carboxylic acids is 1. The van der Waals surface area contributed by atoms with Crippen LogP contribution in [0.15, 0.2) is 35.9 Å². The summed E-state index contributed by atoms with van der Waals surface area (Å²) in [5.74, 6) is 0.527. The van der Waals surface area contributed by atoms with Crippen molar-refractivity contribution in [2.24, 2.45) is 0 Å². The van der Waals surface area contributed by atoms with E-state index in [4.69, 9.17) is 16.3 Å². The van der Waals surface area contributed by atoms with E-state index in [9.17, 15) is 4.79 Å². The van der Waals surface area contributed by atoms with E-state index in [1.54, 1.807) is 24.3 Å². The number of hydrogen-bond acceptors (Lipinski definition) is 2. The topological polar surface area (TPSA) is 26.3 Å². The van der Waals surface area contributed by atoms with E-state index >= 15 is 0 Å². The molecule has 68 valence electrons. The molecule has 0 aliphatic carbocycles. The van der Waals surface area contributed by atoms with Gasteiger partial charge in [0.1, 0.15) is 12.4 Å². The van der Waals surface area contributed by atoms with Crippen molar-refractivity contribution in [2.75, 3.05) is 6.61 Å². The second-order valence-electron chi connectivity index (χ2n) is 2.46. The van der Waals surface area contributed by atoms with Crippen molar-refractivity contribution in [3.8, 4) is 5.75 Å². The van der Waals surface area contributed by atoms with Gasteiger partial charge in [0.15, 0.2) is 6.29 Å². The fourth-order valence-electron chi connectivity index (χ4n) is 0.865. The highest BCUT2D eigenvalue weighted by molar-refractivity contribution is 6.29. The second kappa shape index (κ2) is 4.67. The monoisotopic (exact) mass is 196 g/mol. The normalized spacial score (nSPS) is 9.31. The molecule has 1 aromatic rings. The molecule has 0 aliphatic rings. The summed E-state index contributed by atoms with van der Waals surface area (Å²) in [5.41, 5.74) is 0.514. The summed E-state index contributed by atoms with van der Waals surface area (Å²) in [6.45, 7) is 3.69. The third-order valence-electron chi connectivity index (χ3n) is 1.43. The standard InChI is InChI=1S/C10H9ClO2/c1-8(11)7-13-10-5-3-2-4-9(10)6-12/h2-6H,1,7H2. The Morgan fingerprint density at radius 2 is 2.23 bits per heavy atom. The van der Waals surface area contributed by atoms with Crippen molar-refractivity contribution < 1.29 is 9.53 Å². The van der Waals surface area contributed by atoms with E-state index in [0.29, 0.717) is 16.3 Å². The Balaban J connectivity index is 2.75. The van der Waals surface area contributed by atoms with Crippen LogP contribution in [-0.4, -0.2) is 12.9 Å². The zero-order chi connectivity index (χ0) is 9.68. The molecule has 1 aromatic carbocycles. The average Bonchev–Trinajstić information content (AvgIpc) is 2.15. The Kier molecular flexibility index (Phi) is 3.53. The molecule has 2 nitrogen and oxygen atoms in total. The number of ether oxygens (including phenoxy) is 1. The first-order valence-electron chi connectivity index (χ1n) is 3.74.